The van der Waals surface area contributed by atoms with Crippen molar-refractivity contribution in [3.8, 4) is 11.5 Å². The molecule has 3 aromatic rings. The third-order valence-electron chi connectivity index (χ3n) is 5.88. The first-order chi connectivity index (χ1) is 18.3. The van der Waals surface area contributed by atoms with Gasteiger partial charge in [-0.25, -0.2) is 0 Å². The number of rotatable bonds is 10. The number of pyridine rings is 1. The Hall–Kier alpha value is -4.00. The van der Waals surface area contributed by atoms with E-state index in [9.17, 15) is 19.7 Å². The maximum atomic E-state index is 12.9. The van der Waals surface area contributed by atoms with Crippen LogP contribution in [0.5, 0.6) is 11.5 Å². The highest BCUT2D eigenvalue weighted by Crippen LogP contribution is 2.33. The molecule has 1 N–H and O–H groups in total. The van der Waals surface area contributed by atoms with Gasteiger partial charge in [0.2, 0.25) is 17.6 Å². The zero-order valence-electron chi connectivity index (χ0n) is 20.7. The van der Waals surface area contributed by atoms with Crippen molar-refractivity contribution in [2.45, 2.75) is 38.8 Å². The van der Waals surface area contributed by atoms with Crippen molar-refractivity contribution >= 4 is 39.1 Å². The van der Waals surface area contributed by atoms with Gasteiger partial charge in [-0.15, -0.1) is 0 Å². The van der Waals surface area contributed by atoms with Crippen LogP contribution in [-0.4, -0.2) is 62.2 Å². The summed E-state index contributed by atoms with van der Waals surface area (Å²) in [5, 5.41) is 18.0. The summed E-state index contributed by atoms with van der Waals surface area (Å²) in [6.07, 6.45) is 7.09. The fourth-order valence-electron chi connectivity index (χ4n) is 3.98. The third kappa shape index (κ3) is 7.28. The van der Waals surface area contributed by atoms with Crippen LogP contribution in [0.1, 0.15) is 24.8 Å². The first-order valence-electron chi connectivity index (χ1n) is 12.0. The van der Waals surface area contributed by atoms with E-state index in [-0.39, 0.29) is 48.9 Å². The Kier molecular flexibility index (Phi) is 8.89. The van der Waals surface area contributed by atoms with Crippen molar-refractivity contribution in [3.05, 3.63) is 69.2 Å². The highest BCUT2D eigenvalue weighted by molar-refractivity contribution is 9.10. The zero-order chi connectivity index (χ0) is 27.1. The molecule has 0 radical (unpaired) electrons. The number of anilines is 1. The van der Waals surface area contributed by atoms with Gasteiger partial charge in [-0.2, -0.15) is 5.10 Å². The van der Waals surface area contributed by atoms with Gasteiger partial charge in [0.15, 0.2) is 0 Å². The molecule has 1 atom stereocenters. The number of hydrogen-bond acceptors (Lipinski definition) is 8. The number of nitrogens with one attached hydrogen (secondary N) is 1. The average Bonchev–Trinajstić information content (AvgIpc) is 3.32. The number of hydrogen-bond donors (Lipinski definition) is 1. The number of ether oxygens (including phenoxy) is 2. The maximum Gasteiger partial charge on any atom is 0.330 e. The van der Waals surface area contributed by atoms with E-state index in [1.165, 1.54) is 17.1 Å². The van der Waals surface area contributed by atoms with Gasteiger partial charge < -0.3 is 19.7 Å². The van der Waals surface area contributed by atoms with E-state index in [0.29, 0.717) is 23.2 Å². The molecule has 12 nitrogen and oxygen atoms in total. The largest absolute Gasteiger partial charge is 0.489 e. The van der Waals surface area contributed by atoms with Crippen molar-refractivity contribution in [1.29, 1.82) is 0 Å². The lowest BCUT2D eigenvalue weighted by atomic mass is 10.1. The summed E-state index contributed by atoms with van der Waals surface area (Å²) >= 11 is 3.17. The van der Waals surface area contributed by atoms with Crippen LogP contribution in [0.25, 0.3) is 0 Å². The quantitative estimate of drug-likeness (QED) is 0.279. The zero-order valence-corrected chi connectivity index (χ0v) is 22.3. The van der Waals surface area contributed by atoms with Crippen molar-refractivity contribution < 1.29 is 24.0 Å². The van der Waals surface area contributed by atoms with Gasteiger partial charge in [-0.1, -0.05) is 17.7 Å². The minimum absolute atomic E-state index is 0.00773. The molecule has 38 heavy (non-hydrogen) atoms. The van der Waals surface area contributed by atoms with Crippen LogP contribution in [0.15, 0.2) is 53.5 Å². The molecular weight excluding hydrogens is 560 g/mol. The van der Waals surface area contributed by atoms with Gasteiger partial charge in [0.25, 0.3) is 0 Å². The number of aryl methyl sites for hydroxylation is 1. The Balaban J connectivity index is 1.23. The second-order valence-electron chi connectivity index (χ2n) is 8.83. The van der Waals surface area contributed by atoms with Gasteiger partial charge >= 0.3 is 5.69 Å². The molecule has 3 heterocycles. The van der Waals surface area contributed by atoms with E-state index in [2.05, 4.69) is 31.3 Å². The molecule has 0 bridgehead atoms. The van der Waals surface area contributed by atoms with Crippen molar-refractivity contribution in [2.24, 2.45) is 0 Å². The van der Waals surface area contributed by atoms with Gasteiger partial charge in [0.1, 0.15) is 24.6 Å². The Bertz CT molecular complexity index is 1300. The molecule has 2 amide bonds. The summed E-state index contributed by atoms with van der Waals surface area (Å²) in [5.74, 6) is 0.352. The first kappa shape index (κ1) is 27.0. The van der Waals surface area contributed by atoms with E-state index in [1.54, 1.807) is 11.1 Å². The number of amides is 2. The number of carbonyl (C=O) groups is 2. The van der Waals surface area contributed by atoms with Gasteiger partial charge in [0.05, 0.1) is 40.9 Å². The number of halogens is 1. The number of piperidine rings is 1. The molecule has 1 aliphatic rings. The molecule has 0 spiro atoms. The Morgan fingerprint density at radius 2 is 2.03 bits per heavy atom. The van der Waals surface area contributed by atoms with Crippen molar-refractivity contribution in [3.63, 3.8) is 0 Å². The molecule has 4 rings (SSSR count). The second-order valence-corrected chi connectivity index (χ2v) is 9.69. The molecule has 1 fully saturated rings. The third-order valence-corrected chi connectivity index (χ3v) is 6.44. The fourth-order valence-corrected chi connectivity index (χ4v) is 4.41. The van der Waals surface area contributed by atoms with E-state index in [0.717, 1.165) is 30.4 Å². The van der Waals surface area contributed by atoms with Crippen LogP contribution in [0.4, 0.5) is 11.4 Å². The molecule has 1 aliphatic heterocycles. The minimum Gasteiger partial charge on any atom is -0.489 e. The number of nitro groups is 1. The van der Waals surface area contributed by atoms with Crippen LogP contribution in [-0.2, 0) is 16.1 Å². The lowest BCUT2D eigenvalue weighted by Crippen LogP contribution is -2.45. The molecular formula is C25H27BrN6O6. The topological polar surface area (TPSA) is 142 Å². The molecule has 1 aromatic carbocycles. The van der Waals surface area contributed by atoms with E-state index in [1.807, 2.05) is 31.2 Å². The summed E-state index contributed by atoms with van der Waals surface area (Å²) < 4.78 is 13.3. The first-order valence-corrected chi connectivity index (χ1v) is 12.8. The normalized spacial score (nSPS) is 15.1. The Labute approximate surface area is 227 Å². The molecule has 0 aliphatic carbocycles. The molecule has 1 saturated heterocycles. The summed E-state index contributed by atoms with van der Waals surface area (Å²) in [4.78, 5) is 41.2. The maximum absolute atomic E-state index is 12.9. The lowest BCUT2D eigenvalue weighted by molar-refractivity contribution is -0.386. The summed E-state index contributed by atoms with van der Waals surface area (Å²) in [7, 11) is 0. The van der Waals surface area contributed by atoms with Crippen molar-refractivity contribution in [2.75, 3.05) is 25.0 Å². The molecule has 0 saturated carbocycles. The highest BCUT2D eigenvalue weighted by Gasteiger charge is 2.25. The highest BCUT2D eigenvalue weighted by atomic mass is 79.9. The van der Waals surface area contributed by atoms with Crippen LogP contribution in [0.2, 0.25) is 0 Å². The van der Waals surface area contributed by atoms with E-state index >= 15 is 0 Å². The number of carbonyl (C=O) groups excluding carboxylic acids is 2. The number of benzene rings is 1. The Morgan fingerprint density at radius 1 is 1.24 bits per heavy atom. The van der Waals surface area contributed by atoms with E-state index < -0.39 is 4.92 Å². The number of aromatic nitrogens is 3. The van der Waals surface area contributed by atoms with Crippen LogP contribution in [0.3, 0.4) is 0 Å². The van der Waals surface area contributed by atoms with Crippen LogP contribution >= 0.6 is 15.9 Å². The van der Waals surface area contributed by atoms with Gasteiger partial charge in [-0.05, 0) is 47.8 Å². The Morgan fingerprint density at radius 3 is 2.79 bits per heavy atom. The standard InChI is InChI=1S/C25H27BrN6O6/c1-17-4-6-19(7-5-17)38-20-3-2-9-30(15-20)24(34)16-31-14-18(11-28-31)29-23(33)8-10-37-25-21(26)12-27-13-22(25)32(35)36/h4-7,11-14,20H,2-3,8-10,15-16H2,1H3,(H,29,33)/t20-/m0/s1. The number of likely N-dealkylation sites (tertiary alicyclic amines) is 1. The van der Waals surface area contributed by atoms with E-state index in [4.69, 9.17) is 9.47 Å². The molecule has 2 aromatic heterocycles. The second kappa shape index (κ2) is 12.5. The summed E-state index contributed by atoms with van der Waals surface area (Å²) in [5.41, 5.74) is 1.29. The number of nitrogens with zero attached hydrogens (tertiary/aromatic N) is 5. The minimum atomic E-state index is -0.607. The predicted molar refractivity (Wildman–Crippen MR) is 141 cm³/mol. The molecule has 0 unspecified atom stereocenters. The average molecular weight is 587 g/mol. The molecule has 200 valence electrons. The van der Waals surface area contributed by atoms with Crippen molar-refractivity contribution in [1.82, 2.24) is 19.7 Å². The smallest absolute Gasteiger partial charge is 0.330 e. The van der Waals surface area contributed by atoms with Crippen LogP contribution < -0.4 is 14.8 Å². The fraction of sp³-hybridized carbons (Fsp3) is 0.360. The summed E-state index contributed by atoms with van der Waals surface area (Å²) in [6, 6.07) is 7.86. The summed E-state index contributed by atoms with van der Waals surface area (Å²) in [6.45, 7) is 3.13. The monoisotopic (exact) mass is 586 g/mol. The lowest BCUT2D eigenvalue weighted by Gasteiger charge is -2.33. The van der Waals surface area contributed by atoms with Gasteiger partial charge in [0, 0.05) is 18.9 Å². The predicted octanol–water partition coefficient (Wildman–Crippen LogP) is 3.73. The molecule has 13 heteroatoms. The SMILES string of the molecule is Cc1ccc(O[C@H]2CCCN(C(=O)Cn3cc(NC(=O)CCOc4c(Br)cncc4[N+](=O)[O-])cn3)C2)cc1. The van der Waals surface area contributed by atoms with Crippen LogP contribution in [0, 0.1) is 17.0 Å². The van der Waals surface area contributed by atoms with Gasteiger partial charge in [-0.3, -0.25) is 29.4 Å².